The highest BCUT2D eigenvalue weighted by Gasteiger charge is 2.18. The first-order valence-corrected chi connectivity index (χ1v) is 7.09. The number of rotatable bonds is 4. The Morgan fingerprint density at radius 2 is 2.15 bits per heavy atom. The summed E-state index contributed by atoms with van der Waals surface area (Å²) >= 11 is 0. The van der Waals surface area contributed by atoms with Gasteiger partial charge in [0.2, 0.25) is 5.95 Å². The molecule has 1 atom stereocenters. The van der Waals surface area contributed by atoms with E-state index in [0.717, 1.165) is 18.8 Å². The Kier molecular flexibility index (Phi) is 3.92. The van der Waals surface area contributed by atoms with Crippen LogP contribution in [0.25, 0.3) is 5.69 Å². The van der Waals surface area contributed by atoms with Crippen molar-refractivity contribution in [2.24, 2.45) is 5.92 Å². The Hall–Kier alpha value is -1.95. The minimum absolute atomic E-state index is 0.662. The molecule has 1 aliphatic heterocycles. The summed E-state index contributed by atoms with van der Waals surface area (Å²) in [7, 11) is 2.18. The molecule has 1 saturated heterocycles. The Balaban J connectivity index is 1.65. The van der Waals surface area contributed by atoms with Gasteiger partial charge in [-0.15, -0.1) is 0 Å². The molecule has 0 amide bonds. The van der Waals surface area contributed by atoms with E-state index in [2.05, 4.69) is 32.8 Å². The largest absolute Gasteiger partial charge is 0.352 e. The summed E-state index contributed by atoms with van der Waals surface area (Å²) in [6.45, 7) is 3.26. The Morgan fingerprint density at radius 3 is 2.95 bits per heavy atom. The summed E-state index contributed by atoms with van der Waals surface area (Å²) in [6, 6.07) is 9.94. The van der Waals surface area contributed by atoms with Gasteiger partial charge in [0.25, 0.3) is 0 Å². The van der Waals surface area contributed by atoms with E-state index in [1.165, 1.54) is 19.4 Å². The highest BCUT2D eigenvalue weighted by Crippen LogP contribution is 2.16. The lowest BCUT2D eigenvalue weighted by atomic mass is 9.99. The maximum atomic E-state index is 4.07. The van der Waals surface area contributed by atoms with Gasteiger partial charge in [-0.1, -0.05) is 23.3 Å². The van der Waals surface area contributed by atoms with Gasteiger partial charge < -0.3 is 10.2 Å². The molecule has 0 saturated carbocycles. The van der Waals surface area contributed by atoms with Crippen LogP contribution in [0.15, 0.2) is 30.3 Å². The van der Waals surface area contributed by atoms with Gasteiger partial charge in [0.15, 0.2) is 0 Å². The molecule has 0 bridgehead atoms. The smallest absolute Gasteiger partial charge is 0.247 e. The maximum Gasteiger partial charge on any atom is 0.247 e. The van der Waals surface area contributed by atoms with E-state index in [1.54, 1.807) is 4.68 Å². The molecule has 0 radical (unpaired) electrons. The molecule has 1 aromatic carbocycles. The molecule has 6 nitrogen and oxygen atoms in total. The van der Waals surface area contributed by atoms with Crippen molar-refractivity contribution in [2.45, 2.75) is 12.8 Å². The van der Waals surface area contributed by atoms with Crippen LogP contribution >= 0.6 is 0 Å². The number of anilines is 1. The molecule has 2 aromatic rings. The number of piperidine rings is 1. The Bertz CT molecular complexity index is 538. The fraction of sp³-hybridized carbons (Fsp3) is 0.500. The summed E-state index contributed by atoms with van der Waals surface area (Å²) in [4.78, 5) is 2.38. The van der Waals surface area contributed by atoms with E-state index in [1.807, 2.05) is 30.3 Å². The SMILES string of the molecule is CN1CCCC(CNc2nnnn2-c2ccccc2)C1. The number of hydrogen-bond acceptors (Lipinski definition) is 5. The highest BCUT2D eigenvalue weighted by atomic mass is 15.6. The number of nitrogens with zero attached hydrogens (tertiary/aromatic N) is 5. The lowest BCUT2D eigenvalue weighted by molar-refractivity contribution is 0.217. The standard InChI is InChI=1S/C14H20N6/c1-19-9-5-6-12(11-19)10-15-14-16-17-18-20(14)13-7-3-2-4-8-13/h2-4,7-8,12H,5-6,9-11H2,1H3,(H,15,16,18). The number of benzene rings is 1. The van der Waals surface area contributed by atoms with Gasteiger partial charge in [-0.3, -0.25) is 0 Å². The minimum Gasteiger partial charge on any atom is -0.352 e. The zero-order valence-electron chi connectivity index (χ0n) is 11.7. The van der Waals surface area contributed by atoms with Gasteiger partial charge in [0.05, 0.1) is 5.69 Å². The third-order valence-electron chi connectivity index (χ3n) is 3.74. The van der Waals surface area contributed by atoms with E-state index < -0.39 is 0 Å². The normalized spacial score (nSPS) is 19.9. The fourth-order valence-corrected chi connectivity index (χ4v) is 2.72. The first kappa shape index (κ1) is 13.1. The van der Waals surface area contributed by atoms with Crippen LogP contribution in [-0.4, -0.2) is 51.8 Å². The van der Waals surface area contributed by atoms with Crippen LogP contribution in [0.2, 0.25) is 0 Å². The second-order valence-corrected chi connectivity index (χ2v) is 5.40. The van der Waals surface area contributed by atoms with Crippen LogP contribution in [0.1, 0.15) is 12.8 Å². The molecule has 106 valence electrons. The molecule has 2 heterocycles. The van der Waals surface area contributed by atoms with Crippen LogP contribution in [0.4, 0.5) is 5.95 Å². The molecule has 3 rings (SSSR count). The molecular formula is C14H20N6. The van der Waals surface area contributed by atoms with Crippen molar-refractivity contribution in [3.63, 3.8) is 0 Å². The molecule has 1 N–H and O–H groups in total. The number of hydrogen-bond donors (Lipinski definition) is 1. The van der Waals surface area contributed by atoms with Crippen molar-refractivity contribution in [1.82, 2.24) is 25.1 Å². The van der Waals surface area contributed by atoms with Crippen LogP contribution in [-0.2, 0) is 0 Å². The second kappa shape index (κ2) is 6.00. The van der Waals surface area contributed by atoms with Crippen LogP contribution in [0.3, 0.4) is 0 Å². The number of para-hydroxylation sites is 1. The van der Waals surface area contributed by atoms with Crippen molar-refractivity contribution in [3.05, 3.63) is 30.3 Å². The predicted molar refractivity (Wildman–Crippen MR) is 77.9 cm³/mol. The van der Waals surface area contributed by atoms with E-state index in [4.69, 9.17) is 0 Å². The number of aromatic nitrogens is 4. The third-order valence-corrected chi connectivity index (χ3v) is 3.74. The second-order valence-electron chi connectivity index (χ2n) is 5.40. The molecule has 6 heteroatoms. The zero-order valence-corrected chi connectivity index (χ0v) is 11.7. The van der Waals surface area contributed by atoms with Crippen molar-refractivity contribution in [1.29, 1.82) is 0 Å². The molecule has 20 heavy (non-hydrogen) atoms. The van der Waals surface area contributed by atoms with E-state index in [9.17, 15) is 0 Å². The number of likely N-dealkylation sites (tertiary alicyclic amines) is 1. The topological polar surface area (TPSA) is 58.9 Å². The average molecular weight is 272 g/mol. The number of nitrogens with one attached hydrogen (secondary N) is 1. The summed E-state index contributed by atoms with van der Waals surface area (Å²) in [5, 5.41) is 15.3. The van der Waals surface area contributed by atoms with Crippen molar-refractivity contribution >= 4 is 5.95 Å². The third kappa shape index (κ3) is 2.96. The minimum atomic E-state index is 0.662. The van der Waals surface area contributed by atoms with Gasteiger partial charge in [0, 0.05) is 13.1 Å². The zero-order chi connectivity index (χ0) is 13.8. The molecule has 0 aliphatic carbocycles. The first-order valence-electron chi connectivity index (χ1n) is 7.09. The average Bonchev–Trinajstić information content (AvgIpc) is 2.95. The van der Waals surface area contributed by atoms with Crippen molar-refractivity contribution < 1.29 is 0 Å². The van der Waals surface area contributed by atoms with E-state index in [0.29, 0.717) is 11.9 Å². The summed E-state index contributed by atoms with van der Waals surface area (Å²) in [5.41, 5.74) is 0.973. The fourth-order valence-electron chi connectivity index (χ4n) is 2.72. The molecule has 1 unspecified atom stereocenters. The lowest BCUT2D eigenvalue weighted by Crippen LogP contribution is -2.35. The molecule has 0 spiro atoms. The lowest BCUT2D eigenvalue weighted by Gasteiger charge is -2.29. The predicted octanol–water partition coefficient (Wildman–Crippen LogP) is 1.42. The molecule has 1 aromatic heterocycles. The van der Waals surface area contributed by atoms with Crippen LogP contribution < -0.4 is 5.32 Å². The Morgan fingerprint density at radius 1 is 1.30 bits per heavy atom. The van der Waals surface area contributed by atoms with Gasteiger partial charge in [-0.05, 0) is 54.9 Å². The highest BCUT2D eigenvalue weighted by molar-refractivity contribution is 5.38. The molecular weight excluding hydrogens is 252 g/mol. The van der Waals surface area contributed by atoms with Gasteiger partial charge in [0.1, 0.15) is 0 Å². The number of tetrazole rings is 1. The molecule has 1 aliphatic rings. The van der Waals surface area contributed by atoms with Gasteiger partial charge in [-0.25, -0.2) is 0 Å². The van der Waals surface area contributed by atoms with E-state index in [-0.39, 0.29) is 0 Å². The van der Waals surface area contributed by atoms with Crippen LogP contribution in [0.5, 0.6) is 0 Å². The summed E-state index contributed by atoms with van der Waals surface area (Å²) in [5.74, 6) is 1.37. The van der Waals surface area contributed by atoms with E-state index >= 15 is 0 Å². The first-order chi connectivity index (χ1) is 9.83. The quantitative estimate of drug-likeness (QED) is 0.912. The summed E-state index contributed by atoms with van der Waals surface area (Å²) in [6.07, 6.45) is 2.54. The maximum absolute atomic E-state index is 4.07. The Labute approximate surface area is 118 Å². The summed E-state index contributed by atoms with van der Waals surface area (Å²) < 4.78 is 1.74. The monoisotopic (exact) mass is 272 g/mol. The van der Waals surface area contributed by atoms with Crippen molar-refractivity contribution in [3.8, 4) is 5.69 Å². The van der Waals surface area contributed by atoms with Crippen molar-refractivity contribution in [2.75, 3.05) is 32.0 Å². The van der Waals surface area contributed by atoms with Gasteiger partial charge >= 0.3 is 0 Å². The van der Waals surface area contributed by atoms with Gasteiger partial charge in [-0.2, -0.15) is 4.68 Å². The van der Waals surface area contributed by atoms with Crippen LogP contribution in [0, 0.1) is 5.92 Å². The molecule has 1 fully saturated rings.